The first-order valence-corrected chi connectivity index (χ1v) is 10.8. The van der Waals surface area contributed by atoms with Crippen LogP contribution in [-0.2, 0) is 14.3 Å². The Labute approximate surface area is 171 Å². The quantitative estimate of drug-likeness (QED) is 0.402. The van der Waals surface area contributed by atoms with Gasteiger partial charge in [-0.25, -0.2) is 0 Å². The van der Waals surface area contributed by atoms with Gasteiger partial charge in [-0.15, -0.1) is 0 Å². The molecule has 9 heteroatoms. The topological polar surface area (TPSA) is 55.8 Å². The number of ether oxygens (including phenoxy) is 2. The standard InChI is InChI=1S/C21H27F5O4/c1-8-9(2)13-6-12(8)16-11-4-14(17(13)16)15(5-11)18(30-10(3)27)7-29-20(28,19(18,22)23)21(24,25)26/h8-9,11-17,28H,4-7H2,1-3H3. The van der Waals surface area contributed by atoms with Crippen molar-refractivity contribution in [3.8, 4) is 0 Å². The first-order chi connectivity index (χ1) is 13.8. The summed E-state index contributed by atoms with van der Waals surface area (Å²) in [5.74, 6) is -9.22. The fourth-order valence-corrected chi connectivity index (χ4v) is 8.47. The molecule has 30 heavy (non-hydrogen) atoms. The third-order valence-corrected chi connectivity index (χ3v) is 9.61. The molecule has 4 bridgehead atoms. The Hall–Kier alpha value is -0.960. The lowest BCUT2D eigenvalue weighted by molar-refractivity contribution is -0.412. The first-order valence-electron chi connectivity index (χ1n) is 10.8. The van der Waals surface area contributed by atoms with Gasteiger partial charge in [0, 0.05) is 12.8 Å². The number of rotatable bonds is 2. The van der Waals surface area contributed by atoms with E-state index in [9.17, 15) is 23.1 Å². The summed E-state index contributed by atoms with van der Waals surface area (Å²) in [5.41, 5.74) is -2.82. The number of alkyl halides is 5. The van der Waals surface area contributed by atoms with Crippen LogP contribution in [-0.4, -0.2) is 41.2 Å². The van der Waals surface area contributed by atoms with Gasteiger partial charge in [0.1, 0.15) is 0 Å². The fourth-order valence-electron chi connectivity index (χ4n) is 8.47. The molecule has 0 aromatic rings. The molecule has 1 heterocycles. The van der Waals surface area contributed by atoms with Gasteiger partial charge in [-0.3, -0.25) is 4.79 Å². The largest absolute Gasteiger partial charge is 0.450 e. The summed E-state index contributed by atoms with van der Waals surface area (Å²) < 4.78 is 80.6. The van der Waals surface area contributed by atoms with Gasteiger partial charge in [-0.05, 0) is 66.6 Å². The number of fused-ring (bicyclic) bond motifs is 9. The molecule has 1 aliphatic heterocycles. The summed E-state index contributed by atoms with van der Waals surface area (Å²) in [6, 6.07) is 0. The predicted octanol–water partition coefficient (Wildman–Crippen LogP) is 4.02. The third-order valence-electron chi connectivity index (χ3n) is 9.61. The van der Waals surface area contributed by atoms with Gasteiger partial charge in [0.15, 0.2) is 0 Å². The van der Waals surface area contributed by atoms with E-state index in [2.05, 4.69) is 18.6 Å². The number of hydrogen-bond acceptors (Lipinski definition) is 4. The van der Waals surface area contributed by atoms with E-state index in [4.69, 9.17) is 4.74 Å². The molecular weight excluding hydrogens is 411 g/mol. The molecule has 11 atom stereocenters. The molecule has 11 unspecified atom stereocenters. The van der Waals surface area contributed by atoms with Crippen LogP contribution in [0.15, 0.2) is 0 Å². The van der Waals surface area contributed by atoms with Crippen molar-refractivity contribution in [3.63, 3.8) is 0 Å². The summed E-state index contributed by atoms with van der Waals surface area (Å²) in [6.07, 6.45) is -3.75. The zero-order chi connectivity index (χ0) is 22.0. The molecule has 5 aliphatic rings. The van der Waals surface area contributed by atoms with Gasteiger partial charge in [0.25, 0.3) is 0 Å². The molecule has 1 saturated heterocycles. The SMILES string of the molecule is CC(=O)OC1(C2CC3CC2C2C4CC(C(C)C4C)C32)COC(O)(C(F)(F)F)C1(F)F. The molecule has 5 fully saturated rings. The summed E-state index contributed by atoms with van der Waals surface area (Å²) in [7, 11) is 0. The number of halogens is 5. The maximum Gasteiger partial charge on any atom is 0.449 e. The Kier molecular flexibility index (Phi) is 4.10. The minimum absolute atomic E-state index is 0.137. The molecule has 0 radical (unpaired) electrons. The lowest BCUT2D eigenvalue weighted by Gasteiger charge is -2.49. The van der Waals surface area contributed by atoms with Crippen LogP contribution in [0.3, 0.4) is 0 Å². The first kappa shape index (κ1) is 20.9. The van der Waals surface area contributed by atoms with Crippen LogP contribution in [0.1, 0.15) is 40.0 Å². The summed E-state index contributed by atoms with van der Waals surface area (Å²) in [4.78, 5) is 11.8. The van der Waals surface area contributed by atoms with Gasteiger partial charge >= 0.3 is 23.9 Å². The maximum atomic E-state index is 15.4. The molecular formula is C21H27F5O4. The number of carbonyl (C=O) groups excluding carboxylic acids is 1. The zero-order valence-corrected chi connectivity index (χ0v) is 17.1. The van der Waals surface area contributed by atoms with Crippen molar-refractivity contribution in [1.82, 2.24) is 0 Å². The molecule has 0 aromatic carbocycles. The number of hydrogen-bond donors (Lipinski definition) is 1. The Morgan fingerprint density at radius 2 is 1.63 bits per heavy atom. The van der Waals surface area contributed by atoms with Crippen molar-refractivity contribution in [1.29, 1.82) is 0 Å². The molecule has 0 aromatic heterocycles. The number of carbonyl (C=O) groups is 1. The van der Waals surface area contributed by atoms with Crippen molar-refractivity contribution >= 4 is 5.97 Å². The Bertz CT molecular complexity index is 771. The molecule has 1 N–H and O–H groups in total. The highest BCUT2D eigenvalue weighted by Crippen LogP contribution is 2.74. The predicted molar refractivity (Wildman–Crippen MR) is 93.0 cm³/mol. The van der Waals surface area contributed by atoms with E-state index in [1.54, 1.807) is 0 Å². The van der Waals surface area contributed by atoms with Gasteiger partial charge in [-0.1, -0.05) is 13.8 Å². The summed E-state index contributed by atoms with van der Waals surface area (Å²) in [5, 5.41) is 9.92. The van der Waals surface area contributed by atoms with Gasteiger partial charge in [0.2, 0.25) is 5.60 Å². The monoisotopic (exact) mass is 438 g/mol. The average Bonchev–Trinajstić information content (AvgIpc) is 3.38. The van der Waals surface area contributed by atoms with Gasteiger partial charge in [0.05, 0.1) is 6.61 Å². The van der Waals surface area contributed by atoms with Crippen LogP contribution >= 0.6 is 0 Å². The van der Waals surface area contributed by atoms with E-state index in [0.717, 1.165) is 13.3 Å². The van der Waals surface area contributed by atoms with Crippen LogP contribution < -0.4 is 0 Å². The minimum atomic E-state index is -5.73. The van der Waals surface area contributed by atoms with Crippen molar-refractivity contribution in [2.75, 3.05) is 6.61 Å². The van der Waals surface area contributed by atoms with Crippen molar-refractivity contribution < 1.29 is 41.3 Å². The third kappa shape index (κ3) is 2.16. The van der Waals surface area contributed by atoms with E-state index < -0.39 is 42.0 Å². The Morgan fingerprint density at radius 1 is 1.03 bits per heavy atom. The molecule has 4 nitrogen and oxygen atoms in total. The molecule has 170 valence electrons. The van der Waals surface area contributed by atoms with Crippen LogP contribution in [0.4, 0.5) is 22.0 Å². The van der Waals surface area contributed by atoms with E-state index >= 15 is 8.78 Å². The maximum absolute atomic E-state index is 15.4. The molecule has 5 rings (SSSR count). The van der Waals surface area contributed by atoms with Crippen molar-refractivity contribution in [3.05, 3.63) is 0 Å². The van der Waals surface area contributed by atoms with E-state index in [0.29, 0.717) is 36.0 Å². The van der Waals surface area contributed by atoms with Crippen molar-refractivity contribution in [2.24, 2.45) is 53.3 Å². The second kappa shape index (κ2) is 5.88. The number of esters is 1. The van der Waals surface area contributed by atoms with E-state index in [1.807, 2.05) is 0 Å². The lowest BCUT2D eigenvalue weighted by Crippen LogP contribution is -2.67. The smallest absolute Gasteiger partial charge is 0.449 e. The Morgan fingerprint density at radius 3 is 2.17 bits per heavy atom. The summed E-state index contributed by atoms with van der Waals surface area (Å²) in [6.45, 7) is 4.14. The van der Waals surface area contributed by atoms with Gasteiger partial charge < -0.3 is 14.6 Å². The molecule has 0 amide bonds. The second-order valence-electron chi connectivity index (χ2n) is 10.4. The minimum Gasteiger partial charge on any atom is -0.450 e. The molecule has 4 saturated carbocycles. The fraction of sp³-hybridized carbons (Fsp3) is 0.952. The second-order valence-corrected chi connectivity index (χ2v) is 10.4. The van der Waals surface area contributed by atoms with E-state index in [-0.39, 0.29) is 24.2 Å². The highest BCUT2D eigenvalue weighted by atomic mass is 19.4. The zero-order valence-electron chi connectivity index (χ0n) is 17.1. The van der Waals surface area contributed by atoms with Gasteiger partial charge in [-0.2, -0.15) is 22.0 Å². The Balaban J connectivity index is 1.54. The highest BCUT2D eigenvalue weighted by Gasteiger charge is 2.87. The van der Waals surface area contributed by atoms with Crippen LogP contribution in [0.2, 0.25) is 0 Å². The normalized spacial score (nSPS) is 55.8. The van der Waals surface area contributed by atoms with Crippen LogP contribution in [0.5, 0.6) is 0 Å². The number of aliphatic hydroxyl groups is 1. The average molecular weight is 438 g/mol. The van der Waals surface area contributed by atoms with E-state index in [1.165, 1.54) is 0 Å². The highest BCUT2D eigenvalue weighted by molar-refractivity contribution is 5.67. The van der Waals surface area contributed by atoms with Crippen LogP contribution in [0, 0.1) is 53.3 Å². The lowest BCUT2D eigenvalue weighted by atomic mass is 9.59. The summed E-state index contributed by atoms with van der Waals surface area (Å²) >= 11 is 0. The molecule has 4 aliphatic carbocycles. The molecule has 0 spiro atoms. The van der Waals surface area contributed by atoms with Crippen LogP contribution in [0.25, 0.3) is 0 Å². The van der Waals surface area contributed by atoms with Crippen molar-refractivity contribution in [2.45, 2.75) is 63.5 Å².